The second-order valence-corrected chi connectivity index (χ2v) is 5.75. The van der Waals surface area contributed by atoms with Crippen LogP contribution < -0.4 is 10.6 Å². The maximum Gasteiger partial charge on any atom is 0.407 e. The zero-order valence-corrected chi connectivity index (χ0v) is 10.8. The average molecular weight is 228 g/mol. The molecule has 1 amide bonds. The van der Waals surface area contributed by atoms with Crippen LogP contribution in [0.5, 0.6) is 0 Å². The lowest BCUT2D eigenvalue weighted by Gasteiger charge is -2.28. The van der Waals surface area contributed by atoms with E-state index < -0.39 is 5.60 Å². The van der Waals surface area contributed by atoms with Gasteiger partial charge in [-0.25, -0.2) is 4.79 Å². The number of rotatable bonds is 2. The Labute approximate surface area is 98.1 Å². The third kappa shape index (κ3) is 5.35. The van der Waals surface area contributed by atoms with E-state index in [9.17, 15) is 4.79 Å². The molecule has 2 N–H and O–H groups in total. The molecular formula is C12H24N2O2. The molecule has 0 aromatic carbocycles. The molecular weight excluding hydrogens is 204 g/mol. The van der Waals surface area contributed by atoms with Crippen molar-refractivity contribution in [3.05, 3.63) is 0 Å². The molecule has 2 atom stereocenters. The van der Waals surface area contributed by atoms with Crippen LogP contribution in [0.1, 0.15) is 34.1 Å². The highest BCUT2D eigenvalue weighted by Crippen LogP contribution is 2.15. The Morgan fingerprint density at radius 1 is 1.44 bits per heavy atom. The standard InChI is InChI=1S/C12H24N2O2/c1-9-5-10(7-13-6-9)8-14-11(15)16-12(2,3)4/h9-10,13H,5-8H2,1-4H3,(H,14,15)/t9-,10-/m1/s1. The van der Waals surface area contributed by atoms with E-state index in [1.165, 1.54) is 6.42 Å². The van der Waals surface area contributed by atoms with Gasteiger partial charge in [-0.1, -0.05) is 6.92 Å². The number of piperidine rings is 1. The predicted octanol–water partition coefficient (Wildman–Crippen LogP) is 1.76. The molecule has 0 aromatic rings. The van der Waals surface area contributed by atoms with Crippen molar-refractivity contribution in [1.29, 1.82) is 0 Å². The Bertz CT molecular complexity index is 236. The molecule has 0 spiro atoms. The summed E-state index contributed by atoms with van der Waals surface area (Å²) in [4.78, 5) is 11.4. The fourth-order valence-corrected chi connectivity index (χ4v) is 1.97. The van der Waals surface area contributed by atoms with E-state index in [1.807, 2.05) is 20.8 Å². The Balaban J connectivity index is 2.21. The molecule has 1 aliphatic heterocycles. The Hall–Kier alpha value is -0.770. The first-order valence-corrected chi connectivity index (χ1v) is 6.04. The number of amides is 1. The Morgan fingerprint density at radius 2 is 2.12 bits per heavy atom. The molecule has 4 heteroatoms. The molecule has 0 unspecified atom stereocenters. The highest BCUT2D eigenvalue weighted by atomic mass is 16.6. The van der Waals surface area contributed by atoms with Gasteiger partial charge in [-0.2, -0.15) is 0 Å². The molecule has 0 aromatic heterocycles. The van der Waals surface area contributed by atoms with Gasteiger partial charge in [-0.3, -0.25) is 0 Å². The van der Waals surface area contributed by atoms with Crippen LogP contribution in [0.4, 0.5) is 4.79 Å². The zero-order chi connectivity index (χ0) is 12.2. The fourth-order valence-electron chi connectivity index (χ4n) is 1.97. The maximum atomic E-state index is 11.4. The molecule has 0 bridgehead atoms. The van der Waals surface area contributed by atoms with E-state index in [2.05, 4.69) is 17.6 Å². The van der Waals surface area contributed by atoms with Crippen LogP contribution in [0.2, 0.25) is 0 Å². The molecule has 0 saturated carbocycles. The summed E-state index contributed by atoms with van der Waals surface area (Å²) in [5.74, 6) is 1.22. The molecule has 1 aliphatic rings. The van der Waals surface area contributed by atoms with Crippen LogP contribution >= 0.6 is 0 Å². The predicted molar refractivity (Wildman–Crippen MR) is 64.4 cm³/mol. The summed E-state index contributed by atoms with van der Waals surface area (Å²) >= 11 is 0. The molecule has 0 aliphatic carbocycles. The third-order valence-corrected chi connectivity index (χ3v) is 2.60. The second-order valence-electron chi connectivity index (χ2n) is 5.75. The van der Waals surface area contributed by atoms with Gasteiger partial charge in [0, 0.05) is 6.54 Å². The van der Waals surface area contributed by atoms with Crippen LogP contribution in [0.15, 0.2) is 0 Å². The number of carbonyl (C=O) groups is 1. The minimum atomic E-state index is -0.414. The number of ether oxygens (including phenoxy) is 1. The van der Waals surface area contributed by atoms with Crippen LogP contribution in [0.25, 0.3) is 0 Å². The van der Waals surface area contributed by atoms with Gasteiger partial charge in [0.1, 0.15) is 5.60 Å². The minimum absolute atomic E-state index is 0.314. The smallest absolute Gasteiger partial charge is 0.407 e. The summed E-state index contributed by atoms with van der Waals surface area (Å²) in [5.41, 5.74) is -0.414. The lowest BCUT2D eigenvalue weighted by molar-refractivity contribution is 0.0514. The number of nitrogens with one attached hydrogen (secondary N) is 2. The summed E-state index contributed by atoms with van der Waals surface area (Å²) in [5, 5.41) is 6.19. The second kappa shape index (κ2) is 5.53. The molecule has 1 heterocycles. The van der Waals surface area contributed by atoms with E-state index in [0.29, 0.717) is 18.4 Å². The first-order valence-electron chi connectivity index (χ1n) is 6.04. The number of hydrogen-bond acceptors (Lipinski definition) is 3. The van der Waals surface area contributed by atoms with Crippen molar-refractivity contribution in [1.82, 2.24) is 10.6 Å². The van der Waals surface area contributed by atoms with E-state index in [-0.39, 0.29) is 6.09 Å². The Morgan fingerprint density at radius 3 is 2.69 bits per heavy atom. The van der Waals surface area contributed by atoms with E-state index in [1.54, 1.807) is 0 Å². The topological polar surface area (TPSA) is 50.4 Å². The van der Waals surface area contributed by atoms with Crippen molar-refractivity contribution >= 4 is 6.09 Å². The van der Waals surface area contributed by atoms with E-state index in [0.717, 1.165) is 13.1 Å². The summed E-state index contributed by atoms with van der Waals surface area (Å²) in [6, 6.07) is 0. The first-order chi connectivity index (χ1) is 7.37. The molecule has 1 saturated heterocycles. The van der Waals surface area contributed by atoms with Crippen molar-refractivity contribution in [3.63, 3.8) is 0 Å². The zero-order valence-electron chi connectivity index (χ0n) is 10.8. The summed E-state index contributed by atoms with van der Waals surface area (Å²) in [7, 11) is 0. The Kier molecular flexibility index (Phi) is 4.59. The van der Waals surface area contributed by atoms with Gasteiger partial charge in [0.05, 0.1) is 0 Å². The summed E-state index contributed by atoms with van der Waals surface area (Å²) in [6.45, 7) is 10.6. The average Bonchev–Trinajstić information content (AvgIpc) is 2.12. The minimum Gasteiger partial charge on any atom is -0.444 e. The largest absolute Gasteiger partial charge is 0.444 e. The van der Waals surface area contributed by atoms with Gasteiger partial charge < -0.3 is 15.4 Å². The molecule has 1 fully saturated rings. The molecule has 0 radical (unpaired) electrons. The van der Waals surface area contributed by atoms with Crippen LogP contribution in [-0.4, -0.2) is 31.3 Å². The SMILES string of the molecule is C[C@H]1CNC[C@H](CNC(=O)OC(C)(C)C)C1. The third-order valence-electron chi connectivity index (χ3n) is 2.60. The van der Waals surface area contributed by atoms with Gasteiger partial charge in [0.15, 0.2) is 0 Å². The van der Waals surface area contributed by atoms with E-state index >= 15 is 0 Å². The van der Waals surface area contributed by atoms with Crippen molar-refractivity contribution in [2.24, 2.45) is 11.8 Å². The van der Waals surface area contributed by atoms with Crippen molar-refractivity contribution in [3.8, 4) is 0 Å². The summed E-state index contributed by atoms with van der Waals surface area (Å²) in [6.07, 6.45) is 0.855. The highest BCUT2D eigenvalue weighted by Gasteiger charge is 2.20. The van der Waals surface area contributed by atoms with Crippen molar-refractivity contribution in [2.45, 2.75) is 39.7 Å². The molecule has 4 nitrogen and oxygen atoms in total. The van der Waals surface area contributed by atoms with Gasteiger partial charge in [-0.05, 0) is 52.1 Å². The molecule has 94 valence electrons. The lowest BCUT2D eigenvalue weighted by atomic mass is 9.92. The van der Waals surface area contributed by atoms with Crippen molar-refractivity contribution in [2.75, 3.05) is 19.6 Å². The summed E-state index contributed by atoms with van der Waals surface area (Å²) < 4.78 is 5.19. The van der Waals surface area contributed by atoms with Crippen LogP contribution in [0.3, 0.4) is 0 Å². The van der Waals surface area contributed by atoms with E-state index in [4.69, 9.17) is 4.74 Å². The monoisotopic (exact) mass is 228 g/mol. The quantitative estimate of drug-likeness (QED) is 0.757. The van der Waals surface area contributed by atoms with Crippen LogP contribution in [0, 0.1) is 11.8 Å². The van der Waals surface area contributed by atoms with Gasteiger partial charge in [-0.15, -0.1) is 0 Å². The fraction of sp³-hybridized carbons (Fsp3) is 0.917. The first kappa shape index (κ1) is 13.3. The number of alkyl carbamates (subject to hydrolysis) is 1. The highest BCUT2D eigenvalue weighted by molar-refractivity contribution is 5.67. The maximum absolute atomic E-state index is 11.4. The number of hydrogen-bond donors (Lipinski definition) is 2. The van der Waals surface area contributed by atoms with Gasteiger partial charge in [0.25, 0.3) is 0 Å². The number of carbonyl (C=O) groups excluding carboxylic acids is 1. The van der Waals surface area contributed by atoms with Gasteiger partial charge in [0.2, 0.25) is 0 Å². The lowest BCUT2D eigenvalue weighted by Crippen LogP contribution is -2.42. The van der Waals surface area contributed by atoms with Gasteiger partial charge >= 0.3 is 6.09 Å². The van der Waals surface area contributed by atoms with Crippen molar-refractivity contribution < 1.29 is 9.53 Å². The normalized spacial score (nSPS) is 26.2. The van der Waals surface area contributed by atoms with Crippen LogP contribution in [-0.2, 0) is 4.74 Å². The molecule has 1 rings (SSSR count). The molecule has 16 heavy (non-hydrogen) atoms.